The number of pyridine rings is 1. The normalized spacial score (nSPS) is 17.8. The molecule has 0 aliphatic carbocycles. The third kappa shape index (κ3) is 4.70. The molecule has 1 aromatic carbocycles. The van der Waals surface area contributed by atoms with Gasteiger partial charge in [0.1, 0.15) is 17.3 Å². The standard InChI is InChI=1S/C22H19N5O3S/c23-13-17(22(28)25-19-8-11-31(29,30)15-19)12-18-14-27(20-4-2-1-3-5-20)26-21(18)16-6-9-24-10-7-16/h1-7,9-10,12,14,19H,8,11,15H2,(H,25,28). The molecule has 1 N–H and O–H groups in total. The van der Waals surface area contributed by atoms with Crippen molar-refractivity contribution in [2.45, 2.75) is 12.5 Å². The van der Waals surface area contributed by atoms with Gasteiger partial charge in [-0.3, -0.25) is 9.78 Å². The molecule has 1 amide bonds. The van der Waals surface area contributed by atoms with Gasteiger partial charge in [-0.05, 0) is 36.8 Å². The van der Waals surface area contributed by atoms with E-state index in [1.54, 1.807) is 35.4 Å². The van der Waals surface area contributed by atoms with Crippen molar-refractivity contribution in [1.82, 2.24) is 20.1 Å². The minimum absolute atomic E-state index is 0.0413. The maximum atomic E-state index is 12.6. The van der Waals surface area contributed by atoms with E-state index in [1.165, 1.54) is 6.08 Å². The molecule has 9 heteroatoms. The van der Waals surface area contributed by atoms with Gasteiger partial charge in [-0.2, -0.15) is 10.4 Å². The van der Waals surface area contributed by atoms with E-state index in [1.807, 2.05) is 36.4 Å². The minimum atomic E-state index is -3.14. The number of hydrogen-bond acceptors (Lipinski definition) is 6. The second kappa shape index (κ2) is 8.53. The number of aromatic nitrogens is 3. The third-order valence-electron chi connectivity index (χ3n) is 4.95. The van der Waals surface area contributed by atoms with E-state index >= 15 is 0 Å². The smallest absolute Gasteiger partial charge is 0.262 e. The van der Waals surface area contributed by atoms with Crippen molar-refractivity contribution in [3.63, 3.8) is 0 Å². The fourth-order valence-corrected chi connectivity index (χ4v) is 5.09. The van der Waals surface area contributed by atoms with E-state index in [-0.39, 0.29) is 17.1 Å². The van der Waals surface area contributed by atoms with Crippen LogP contribution in [0.1, 0.15) is 12.0 Å². The van der Waals surface area contributed by atoms with Crippen LogP contribution < -0.4 is 5.32 Å². The Hall–Kier alpha value is -3.77. The summed E-state index contributed by atoms with van der Waals surface area (Å²) < 4.78 is 25.0. The molecule has 3 aromatic rings. The van der Waals surface area contributed by atoms with Crippen LogP contribution in [0, 0.1) is 11.3 Å². The highest BCUT2D eigenvalue weighted by Gasteiger charge is 2.29. The maximum Gasteiger partial charge on any atom is 0.262 e. The molecular weight excluding hydrogens is 414 g/mol. The van der Waals surface area contributed by atoms with E-state index in [0.29, 0.717) is 17.7 Å². The van der Waals surface area contributed by atoms with Gasteiger partial charge in [0.25, 0.3) is 5.91 Å². The molecule has 2 aromatic heterocycles. The first kappa shape index (κ1) is 20.5. The summed E-state index contributed by atoms with van der Waals surface area (Å²) >= 11 is 0. The largest absolute Gasteiger partial charge is 0.348 e. The molecule has 3 heterocycles. The first-order valence-corrected chi connectivity index (χ1v) is 11.5. The molecule has 156 valence electrons. The summed E-state index contributed by atoms with van der Waals surface area (Å²) in [6.45, 7) is 0. The lowest BCUT2D eigenvalue weighted by atomic mass is 10.1. The molecule has 4 rings (SSSR count). The Labute approximate surface area is 179 Å². The second-order valence-corrected chi connectivity index (χ2v) is 9.42. The highest BCUT2D eigenvalue weighted by Crippen LogP contribution is 2.25. The number of amides is 1. The molecule has 1 fully saturated rings. The first-order valence-electron chi connectivity index (χ1n) is 9.64. The molecule has 0 saturated carbocycles. The Bertz CT molecular complexity index is 1280. The molecule has 1 aliphatic heterocycles. The van der Waals surface area contributed by atoms with E-state index in [4.69, 9.17) is 0 Å². The van der Waals surface area contributed by atoms with Gasteiger partial charge >= 0.3 is 0 Å². The van der Waals surface area contributed by atoms with E-state index in [9.17, 15) is 18.5 Å². The van der Waals surface area contributed by atoms with Gasteiger partial charge in [0.05, 0.1) is 17.2 Å². The Morgan fingerprint density at radius 3 is 2.58 bits per heavy atom. The lowest BCUT2D eigenvalue weighted by molar-refractivity contribution is -0.117. The summed E-state index contributed by atoms with van der Waals surface area (Å²) in [5.41, 5.74) is 2.68. The number of carbonyl (C=O) groups is 1. The van der Waals surface area contributed by atoms with Gasteiger partial charge in [0.15, 0.2) is 9.84 Å². The lowest BCUT2D eigenvalue weighted by Gasteiger charge is -2.09. The molecule has 8 nitrogen and oxygen atoms in total. The summed E-state index contributed by atoms with van der Waals surface area (Å²) in [5, 5.41) is 16.9. The molecule has 1 aliphatic rings. The van der Waals surface area contributed by atoms with Crippen molar-refractivity contribution in [3.05, 3.63) is 72.2 Å². The summed E-state index contributed by atoms with van der Waals surface area (Å²) in [5.74, 6) is -0.664. The number of benzene rings is 1. The summed E-state index contributed by atoms with van der Waals surface area (Å²) in [7, 11) is -3.14. The average molecular weight is 433 g/mol. The molecule has 1 atom stereocenters. The van der Waals surface area contributed by atoms with Gasteiger partial charge in [-0.1, -0.05) is 18.2 Å². The fraction of sp³-hybridized carbons (Fsp3) is 0.182. The van der Waals surface area contributed by atoms with Crippen molar-refractivity contribution in [1.29, 1.82) is 5.26 Å². The van der Waals surface area contributed by atoms with Crippen molar-refractivity contribution in [2.24, 2.45) is 0 Å². The monoisotopic (exact) mass is 433 g/mol. The number of carbonyl (C=O) groups excluding carboxylic acids is 1. The fourth-order valence-electron chi connectivity index (χ4n) is 3.42. The molecule has 31 heavy (non-hydrogen) atoms. The predicted octanol–water partition coefficient (Wildman–Crippen LogP) is 2.14. The van der Waals surface area contributed by atoms with Crippen LogP contribution in [0.15, 0.2) is 66.6 Å². The Kier molecular flexibility index (Phi) is 5.64. The maximum absolute atomic E-state index is 12.6. The van der Waals surface area contributed by atoms with Gasteiger partial charge in [0, 0.05) is 35.8 Å². The number of nitrogens with zero attached hydrogens (tertiary/aromatic N) is 4. The summed E-state index contributed by atoms with van der Waals surface area (Å²) in [4.78, 5) is 16.7. The van der Waals surface area contributed by atoms with Crippen LogP contribution in [-0.2, 0) is 14.6 Å². The quantitative estimate of drug-likeness (QED) is 0.487. The molecule has 0 bridgehead atoms. The number of nitrogens with one attached hydrogen (secondary N) is 1. The lowest BCUT2D eigenvalue weighted by Crippen LogP contribution is -2.36. The van der Waals surface area contributed by atoms with Crippen molar-refractivity contribution in [3.8, 4) is 23.0 Å². The third-order valence-corrected chi connectivity index (χ3v) is 6.72. The number of hydrogen-bond donors (Lipinski definition) is 1. The van der Waals surface area contributed by atoms with Crippen LogP contribution in [-0.4, -0.2) is 46.6 Å². The molecule has 0 radical (unpaired) electrons. The van der Waals surface area contributed by atoms with Crippen LogP contribution >= 0.6 is 0 Å². The predicted molar refractivity (Wildman–Crippen MR) is 116 cm³/mol. The number of rotatable bonds is 5. The van der Waals surface area contributed by atoms with Crippen LogP contribution in [0.5, 0.6) is 0 Å². The average Bonchev–Trinajstić information content (AvgIpc) is 3.35. The zero-order valence-electron chi connectivity index (χ0n) is 16.5. The Morgan fingerprint density at radius 1 is 1.19 bits per heavy atom. The highest BCUT2D eigenvalue weighted by molar-refractivity contribution is 7.91. The van der Waals surface area contributed by atoms with Gasteiger partial charge in [0.2, 0.25) is 0 Å². The minimum Gasteiger partial charge on any atom is -0.348 e. The summed E-state index contributed by atoms with van der Waals surface area (Å²) in [6.07, 6.45) is 6.85. The van der Waals surface area contributed by atoms with E-state index in [2.05, 4.69) is 15.4 Å². The van der Waals surface area contributed by atoms with E-state index in [0.717, 1.165) is 11.3 Å². The van der Waals surface area contributed by atoms with Gasteiger partial charge in [-0.25, -0.2) is 13.1 Å². The topological polar surface area (TPSA) is 118 Å². The Morgan fingerprint density at radius 2 is 1.94 bits per heavy atom. The SMILES string of the molecule is N#CC(=Cc1cn(-c2ccccc2)nc1-c1ccncc1)C(=O)NC1CCS(=O)(=O)C1. The number of sulfone groups is 1. The Balaban J connectivity index is 1.69. The molecule has 0 spiro atoms. The van der Waals surface area contributed by atoms with Crippen molar-refractivity contribution in [2.75, 3.05) is 11.5 Å². The molecular formula is C22H19N5O3S. The number of nitriles is 1. The molecule has 1 unspecified atom stereocenters. The van der Waals surface area contributed by atoms with E-state index < -0.39 is 21.8 Å². The van der Waals surface area contributed by atoms with Gasteiger partial charge in [-0.15, -0.1) is 0 Å². The van der Waals surface area contributed by atoms with Crippen molar-refractivity contribution < 1.29 is 13.2 Å². The second-order valence-electron chi connectivity index (χ2n) is 7.19. The zero-order valence-corrected chi connectivity index (χ0v) is 17.3. The van der Waals surface area contributed by atoms with Crippen LogP contribution in [0.25, 0.3) is 23.0 Å². The van der Waals surface area contributed by atoms with Crippen molar-refractivity contribution >= 4 is 21.8 Å². The zero-order chi connectivity index (χ0) is 21.8. The van der Waals surface area contributed by atoms with Gasteiger partial charge < -0.3 is 5.32 Å². The van der Waals surface area contributed by atoms with Crippen LogP contribution in [0.4, 0.5) is 0 Å². The molecule has 1 saturated heterocycles. The van der Waals surface area contributed by atoms with Crippen LogP contribution in [0.3, 0.4) is 0 Å². The number of para-hydroxylation sites is 1. The highest BCUT2D eigenvalue weighted by atomic mass is 32.2. The first-order chi connectivity index (χ1) is 14.9. The summed E-state index contributed by atoms with van der Waals surface area (Å²) in [6, 6.07) is 14.5. The van der Waals surface area contributed by atoms with Crippen LogP contribution in [0.2, 0.25) is 0 Å².